The maximum absolute atomic E-state index is 13.6. The van der Waals surface area contributed by atoms with Crippen LogP contribution in [-0.4, -0.2) is 70.0 Å². The van der Waals surface area contributed by atoms with Crippen LogP contribution in [0.5, 0.6) is 5.75 Å². The van der Waals surface area contributed by atoms with Gasteiger partial charge in [-0.2, -0.15) is 13.2 Å². The standard InChI is InChI=1S/C27H30ClF3N6O3S/c1-35(2)16-9-12-36(13-10-16)17-4-7-21(23(14-17)40-3)37-22-8-11-33-24(22)25(34-26(37)32)41(38,39)18-5-6-20(28)19(15-18)27(29,30)31/h4-8,11,14-16,26,33H,9-10,12-13,32H2,1-3H3. The fourth-order valence-corrected chi connectivity index (χ4v) is 6.94. The van der Waals surface area contributed by atoms with Gasteiger partial charge < -0.3 is 24.4 Å². The van der Waals surface area contributed by atoms with Gasteiger partial charge >= 0.3 is 6.18 Å². The van der Waals surface area contributed by atoms with Gasteiger partial charge in [0.2, 0.25) is 9.84 Å². The van der Waals surface area contributed by atoms with Crippen LogP contribution in [0.1, 0.15) is 24.1 Å². The Labute approximate surface area is 241 Å². The van der Waals surface area contributed by atoms with Gasteiger partial charge in [0.05, 0.1) is 34.0 Å². The van der Waals surface area contributed by atoms with Crippen molar-refractivity contribution in [2.24, 2.45) is 10.7 Å². The Morgan fingerprint density at radius 3 is 2.44 bits per heavy atom. The number of halogens is 4. The number of hydrogen-bond donors (Lipinski definition) is 2. The van der Waals surface area contributed by atoms with Gasteiger partial charge in [-0.15, -0.1) is 0 Å². The van der Waals surface area contributed by atoms with Crippen molar-refractivity contribution in [2.75, 3.05) is 44.1 Å². The molecule has 2 aromatic carbocycles. The van der Waals surface area contributed by atoms with E-state index in [1.807, 2.05) is 18.2 Å². The van der Waals surface area contributed by atoms with E-state index in [9.17, 15) is 21.6 Å². The number of aromatic amines is 1. The molecule has 14 heteroatoms. The van der Waals surface area contributed by atoms with Crippen LogP contribution in [0.15, 0.2) is 58.5 Å². The Morgan fingerprint density at radius 2 is 1.80 bits per heavy atom. The van der Waals surface area contributed by atoms with Crippen LogP contribution in [0.2, 0.25) is 5.02 Å². The molecule has 5 rings (SSSR count). The van der Waals surface area contributed by atoms with E-state index in [2.05, 4.69) is 33.9 Å². The van der Waals surface area contributed by atoms with Crippen molar-refractivity contribution in [3.8, 4) is 5.75 Å². The van der Waals surface area contributed by atoms with E-state index in [1.54, 1.807) is 11.0 Å². The second-order valence-electron chi connectivity index (χ2n) is 10.1. The number of fused-ring (bicyclic) bond motifs is 1. The average Bonchev–Trinajstić information content (AvgIpc) is 3.41. The summed E-state index contributed by atoms with van der Waals surface area (Å²) >= 11 is 5.70. The zero-order chi connectivity index (χ0) is 29.7. The summed E-state index contributed by atoms with van der Waals surface area (Å²) in [4.78, 5) is 12.7. The van der Waals surface area contributed by atoms with Crippen LogP contribution in [0.25, 0.3) is 0 Å². The first-order chi connectivity index (χ1) is 19.3. The summed E-state index contributed by atoms with van der Waals surface area (Å²) in [5.41, 5.74) is 7.16. The van der Waals surface area contributed by atoms with Gasteiger partial charge in [-0.25, -0.2) is 13.4 Å². The van der Waals surface area contributed by atoms with Gasteiger partial charge in [-0.3, -0.25) is 5.73 Å². The van der Waals surface area contributed by atoms with Gasteiger partial charge in [0.1, 0.15) is 11.4 Å². The van der Waals surface area contributed by atoms with E-state index in [0.29, 0.717) is 29.2 Å². The number of aliphatic imine (C=N–C) groups is 1. The summed E-state index contributed by atoms with van der Waals surface area (Å²) < 4.78 is 73.2. The van der Waals surface area contributed by atoms with E-state index in [1.165, 1.54) is 13.3 Å². The van der Waals surface area contributed by atoms with Crippen molar-refractivity contribution in [1.82, 2.24) is 9.88 Å². The maximum Gasteiger partial charge on any atom is 0.417 e. The molecule has 0 bridgehead atoms. The molecule has 1 aromatic heterocycles. The molecule has 2 aliphatic heterocycles. The number of nitrogens with one attached hydrogen (secondary N) is 1. The topological polar surface area (TPSA) is 107 Å². The molecule has 220 valence electrons. The van der Waals surface area contributed by atoms with E-state index in [0.717, 1.165) is 43.8 Å². The largest absolute Gasteiger partial charge is 0.494 e. The number of nitrogens with two attached hydrogens (primary N) is 1. The van der Waals surface area contributed by atoms with Crippen molar-refractivity contribution in [1.29, 1.82) is 0 Å². The lowest BCUT2D eigenvalue weighted by atomic mass is 10.0. The smallest absolute Gasteiger partial charge is 0.417 e. The highest BCUT2D eigenvalue weighted by molar-refractivity contribution is 8.07. The number of ether oxygens (including phenoxy) is 1. The molecule has 9 nitrogen and oxygen atoms in total. The quantitative estimate of drug-likeness (QED) is 0.426. The number of H-pyrrole nitrogens is 1. The second kappa shape index (κ2) is 10.9. The molecule has 0 aliphatic carbocycles. The molecule has 2 aliphatic rings. The molecule has 0 radical (unpaired) electrons. The predicted molar refractivity (Wildman–Crippen MR) is 153 cm³/mol. The van der Waals surface area contributed by atoms with Gasteiger partial charge in [-0.05, 0) is 63.3 Å². The highest BCUT2D eigenvalue weighted by Gasteiger charge is 2.39. The van der Waals surface area contributed by atoms with Crippen LogP contribution < -0.4 is 20.3 Å². The zero-order valence-corrected chi connectivity index (χ0v) is 24.2. The number of rotatable bonds is 5. The van der Waals surface area contributed by atoms with Gasteiger partial charge in [-0.1, -0.05) is 11.6 Å². The van der Waals surface area contributed by atoms with Crippen LogP contribution in [-0.2, 0) is 16.0 Å². The number of hydrogen-bond acceptors (Lipinski definition) is 8. The third kappa shape index (κ3) is 5.39. The van der Waals surface area contributed by atoms with Crippen molar-refractivity contribution in [3.05, 3.63) is 64.9 Å². The first-order valence-corrected chi connectivity index (χ1v) is 14.7. The molecular formula is C27H30ClF3N6O3S. The molecule has 3 N–H and O–H groups in total. The Morgan fingerprint density at radius 1 is 1.10 bits per heavy atom. The molecule has 1 fully saturated rings. The van der Waals surface area contributed by atoms with Crippen molar-refractivity contribution >= 4 is 43.5 Å². The van der Waals surface area contributed by atoms with Crippen LogP contribution >= 0.6 is 11.6 Å². The minimum absolute atomic E-state index is 0.0899. The number of sulfone groups is 1. The number of aromatic nitrogens is 1. The molecule has 0 amide bonds. The lowest BCUT2D eigenvalue weighted by molar-refractivity contribution is -0.137. The molecule has 3 aromatic rings. The maximum atomic E-state index is 13.6. The minimum atomic E-state index is -4.84. The highest BCUT2D eigenvalue weighted by Crippen LogP contribution is 2.43. The van der Waals surface area contributed by atoms with E-state index < -0.39 is 42.8 Å². The Kier molecular flexibility index (Phi) is 7.74. The number of nitrogens with zero attached hydrogens (tertiary/aromatic N) is 4. The fraction of sp³-hybridized carbons (Fsp3) is 0.370. The van der Waals surface area contributed by atoms with Crippen molar-refractivity contribution in [2.45, 2.75) is 36.2 Å². The minimum Gasteiger partial charge on any atom is -0.494 e. The molecule has 1 saturated heterocycles. The first kappa shape index (κ1) is 29.2. The van der Waals surface area contributed by atoms with Gasteiger partial charge in [0.15, 0.2) is 11.3 Å². The monoisotopic (exact) mass is 610 g/mol. The average molecular weight is 611 g/mol. The number of piperidine rings is 1. The number of benzene rings is 2. The summed E-state index contributed by atoms with van der Waals surface area (Å²) in [6.07, 6.45) is -2.48. The summed E-state index contributed by atoms with van der Waals surface area (Å²) in [5, 5.41) is -1.08. The Bertz CT molecular complexity index is 1580. The summed E-state index contributed by atoms with van der Waals surface area (Å²) in [6.45, 7) is 1.78. The van der Waals surface area contributed by atoms with Crippen molar-refractivity contribution < 1.29 is 26.3 Å². The highest BCUT2D eigenvalue weighted by atomic mass is 35.5. The SMILES string of the molecule is COc1cc(N2CCC(N(C)C)CC2)ccc1N1c2cc[nH]c2C(S(=O)(=O)c2ccc(Cl)c(C(F)(F)F)c2)=NC1N. The summed E-state index contributed by atoms with van der Waals surface area (Å²) in [6, 6.07) is 10.3. The van der Waals surface area contributed by atoms with E-state index >= 15 is 0 Å². The first-order valence-electron chi connectivity index (χ1n) is 12.8. The number of methoxy groups -OCH3 is 1. The third-order valence-electron chi connectivity index (χ3n) is 7.50. The Hall–Kier alpha value is -3.26. The molecule has 3 heterocycles. The van der Waals surface area contributed by atoms with Crippen LogP contribution in [0, 0.1) is 0 Å². The molecule has 41 heavy (non-hydrogen) atoms. The second-order valence-corrected chi connectivity index (χ2v) is 12.4. The normalized spacial score (nSPS) is 18.5. The molecule has 0 spiro atoms. The van der Waals surface area contributed by atoms with Crippen LogP contribution in [0.3, 0.4) is 0 Å². The van der Waals surface area contributed by atoms with Crippen molar-refractivity contribution in [3.63, 3.8) is 0 Å². The number of alkyl halides is 3. The van der Waals surface area contributed by atoms with Crippen LogP contribution in [0.4, 0.5) is 30.2 Å². The zero-order valence-electron chi connectivity index (χ0n) is 22.6. The lowest BCUT2D eigenvalue weighted by Gasteiger charge is -2.37. The van der Waals surface area contributed by atoms with E-state index in [-0.39, 0.29) is 5.69 Å². The van der Waals surface area contributed by atoms with Gasteiger partial charge in [0.25, 0.3) is 0 Å². The summed E-state index contributed by atoms with van der Waals surface area (Å²) in [7, 11) is 1.19. The van der Waals surface area contributed by atoms with Gasteiger partial charge in [0, 0.05) is 37.1 Å². The third-order valence-corrected chi connectivity index (χ3v) is 9.53. The molecule has 0 saturated carbocycles. The predicted octanol–water partition coefficient (Wildman–Crippen LogP) is 4.84. The molecule has 1 atom stereocenters. The van der Waals surface area contributed by atoms with E-state index in [4.69, 9.17) is 22.1 Å². The lowest BCUT2D eigenvalue weighted by Crippen LogP contribution is -2.43. The summed E-state index contributed by atoms with van der Waals surface area (Å²) in [5.74, 6) is 0.508. The molecule has 1 unspecified atom stereocenters. The molecular weight excluding hydrogens is 581 g/mol. The fourth-order valence-electron chi connectivity index (χ4n) is 5.30. The Balaban J connectivity index is 1.49. The number of anilines is 3.